The first-order chi connectivity index (χ1) is 17.6. The van der Waals surface area contributed by atoms with Gasteiger partial charge in [-0.3, -0.25) is 0 Å². The molecule has 0 unspecified atom stereocenters. The van der Waals surface area contributed by atoms with Gasteiger partial charge in [-0.25, -0.2) is 0 Å². The average Bonchev–Trinajstić information content (AvgIpc) is 2.92. The van der Waals surface area contributed by atoms with Gasteiger partial charge in [0.2, 0.25) is 0 Å². The summed E-state index contributed by atoms with van der Waals surface area (Å²) in [4.78, 5) is 0. The monoisotopic (exact) mass is 476 g/mol. The van der Waals surface area contributed by atoms with Crippen molar-refractivity contribution in [3.8, 4) is 0 Å². The van der Waals surface area contributed by atoms with Crippen LogP contribution in [0.4, 0.5) is 0 Å². The van der Waals surface area contributed by atoms with Crippen LogP contribution in [0.1, 0.15) is 66.0 Å². The minimum Gasteiger partial charge on any atom is -0.0819 e. The topological polar surface area (TPSA) is 0 Å². The van der Waals surface area contributed by atoms with Crippen LogP contribution >= 0.6 is 0 Å². The van der Waals surface area contributed by atoms with Gasteiger partial charge in [-0.2, -0.15) is 0 Å². The maximum Gasteiger partial charge on any atom is -0.00241 e. The van der Waals surface area contributed by atoms with Gasteiger partial charge in [-0.1, -0.05) is 143 Å². The first kappa shape index (κ1) is 28.9. The number of rotatable bonds is 4. The zero-order chi connectivity index (χ0) is 26.5. The Hall–Kier alpha value is -3.38. The summed E-state index contributed by atoms with van der Waals surface area (Å²) in [5, 5.41) is 8.23. The largest absolute Gasteiger partial charge is 0.0819 e. The van der Waals surface area contributed by atoms with E-state index in [0.29, 0.717) is 0 Å². The van der Waals surface area contributed by atoms with Crippen LogP contribution in [0.3, 0.4) is 0 Å². The van der Waals surface area contributed by atoms with Crippen molar-refractivity contribution in [1.29, 1.82) is 0 Å². The molecule has 0 fully saturated rings. The molecule has 0 N–H and O–H groups in total. The van der Waals surface area contributed by atoms with Crippen LogP contribution in [0.15, 0.2) is 108 Å². The Bertz CT molecular complexity index is 1370. The van der Waals surface area contributed by atoms with E-state index < -0.39 is 0 Å². The summed E-state index contributed by atoms with van der Waals surface area (Å²) in [6, 6.07) is 30.5. The summed E-state index contributed by atoms with van der Waals surface area (Å²) in [7, 11) is 0. The molecule has 5 aromatic rings. The van der Waals surface area contributed by atoms with Gasteiger partial charge in [0.15, 0.2) is 0 Å². The van der Waals surface area contributed by atoms with Gasteiger partial charge in [-0.15, -0.1) is 0 Å². The van der Waals surface area contributed by atoms with E-state index in [1.54, 1.807) is 0 Å². The highest BCUT2D eigenvalue weighted by Crippen LogP contribution is 2.35. The molecule has 0 atom stereocenters. The van der Waals surface area contributed by atoms with E-state index in [4.69, 9.17) is 0 Å². The Kier molecular flexibility index (Phi) is 11.9. The van der Waals surface area contributed by atoms with Gasteiger partial charge in [0.05, 0.1) is 0 Å². The first-order valence-corrected chi connectivity index (χ1v) is 13.6. The molecule has 0 nitrogen and oxygen atoms in total. The van der Waals surface area contributed by atoms with E-state index in [0.717, 1.165) is 12.8 Å². The number of hydrogen-bond donors (Lipinski definition) is 0. The van der Waals surface area contributed by atoms with Crippen molar-refractivity contribution in [2.24, 2.45) is 0 Å². The molecule has 0 bridgehead atoms. The standard InChI is InChI=1S/C17H12.C15H20.2C2H6/c1-11-5-6-14-8-7-12-3-2-4-13-9-10-15(11)17(14)16(12)13;1-4-8-13(2)11-14(3)12-15-9-6-5-7-10-15;2*1-2/h2-10H,1H3;5-11H,4,12H2,1-3H3;2*1-2H3/b;13-8-,14-11-;;. The highest BCUT2D eigenvalue weighted by molar-refractivity contribution is 6.23. The number of hydrogen-bond acceptors (Lipinski definition) is 0. The van der Waals surface area contributed by atoms with Crippen LogP contribution in [0.25, 0.3) is 32.3 Å². The van der Waals surface area contributed by atoms with Crippen molar-refractivity contribution in [1.82, 2.24) is 0 Å². The first-order valence-electron chi connectivity index (χ1n) is 13.6. The molecule has 0 heterocycles. The van der Waals surface area contributed by atoms with Crippen molar-refractivity contribution in [2.45, 2.75) is 68.2 Å². The molecule has 0 amide bonds. The SMILES string of the molecule is CC.CC.CC/C=C(C)\C=C(\C)Cc1ccccc1.Cc1ccc2ccc3cccc4ccc1c2c34. The van der Waals surface area contributed by atoms with Crippen LogP contribution in [0, 0.1) is 6.92 Å². The predicted molar refractivity (Wildman–Crippen MR) is 166 cm³/mol. The van der Waals surface area contributed by atoms with E-state index in [-0.39, 0.29) is 0 Å². The van der Waals surface area contributed by atoms with E-state index in [1.807, 2.05) is 27.7 Å². The number of aryl methyl sites for hydroxylation is 1. The van der Waals surface area contributed by atoms with Gasteiger partial charge >= 0.3 is 0 Å². The summed E-state index contributed by atoms with van der Waals surface area (Å²) in [5.74, 6) is 0. The second-order valence-electron chi connectivity index (χ2n) is 8.75. The molecular formula is C36H44. The fourth-order valence-electron chi connectivity index (χ4n) is 4.62. The maximum atomic E-state index is 2.27. The minimum atomic E-state index is 1.05. The van der Waals surface area contributed by atoms with Gasteiger partial charge < -0.3 is 0 Å². The van der Waals surface area contributed by atoms with E-state index in [2.05, 4.69) is 125 Å². The highest BCUT2D eigenvalue weighted by Gasteiger charge is 2.08. The zero-order valence-corrected chi connectivity index (χ0v) is 23.7. The highest BCUT2D eigenvalue weighted by atomic mass is 14.1. The number of allylic oxidation sites excluding steroid dienone is 4. The molecule has 36 heavy (non-hydrogen) atoms. The molecule has 0 saturated carbocycles. The fourth-order valence-corrected chi connectivity index (χ4v) is 4.62. The average molecular weight is 477 g/mol. The second kappa shape index (κ2) is 14.9. The summed E-state index contributed by atoms with van der Waals surface area (Å²) >= 11 is 0. The maximum absolute atomic E-state index is 2.27. The van der Waals surface area contributed by atoms with Crippen LogP contribution in [-0.4, -0.2) is 0 Å². The Morgan fingerprint density at radius 1 is 0.639 bits per heavy atom. The predicted octanol–water partition coefficient (Wildman–Crippen LogP) is 11.5. The third-order valence-electron chi connectivity index (χ3n) is 6.07. The molecule has 0 heteroatoms. The van der Waals surface area contributed by atoms with Gasteiger partial charge in [0.25, 0.3) is 0 Å². The lowest BCUT2D eigenvalue weighted by atomic mass is 9.92. The van der Waals surface area contributed by atoms with Gasteiger partial charge in [0, 0.05) is 0 Å². The zero-order valence-electron chi connectivity index (χ0n) is 23.7. The molecule has 0 aliphatic heterocycles. The molecule has 5 aromatic carbocycles. The number of benzene rings is 5. The molecule has 0 spiro atoms. The molecule has 5 rings (SSSR count). The molecular weight excluding hydrogens is 432 g/mol. The lowest BCUT2D eigenvalue weighted by Crippen LogP contribution is -1.86. The molecule has 188 valence electrons. The van der Waals surface area contributed by atoms with E-state index >= 15 is 0 Å². The summed E-state index contributed by atoms with van der Waals surface area (Å²) < 4.78 is 0. The Labute approximate surface area is 219 Å². The van der Waals surface area contributed by atoms with Crippen LogP contribution in [0.5, 0.6) is 0 Å². The minimum absolute atomic E-state index is 1.05. The fraction of sp³-hybridized carbons (Fsp3) is 0.278. The van der Waals surface area contributed by atoms with Gasteiger partial charge in [-0.05, 0) is 77.1 Å². The van der Waals surface area contributed by atoms with Crippen LogP contribution in [0.2, 0.25) is 0 Å². The Balaban J connectivity index is 0.000000225. The lowest BCUT2D eigenvalue weighted by molar-refractivity contribution is 1.13. The van der Waals surface area contributed by atoms with E-state index in [9.17, 15) is 0 Å². The van der Waals surface area contributed by atoms with Crippen molar-refractivity contribution >= 4 is 32.3 Å². The van der Waals surface area contributed by atoms with Gasteiger partial charge in [0.1, 0.15) is 0 Å². The Morgan fingerprint density at radius 3 is 1.81 bits per heavy atom. The summed E-state index contributed by atoms with van der Waals surface area (Å²) in [6.07, 6.45) is 6.70. The third-order valence-corrected chi connectivity index (χ3v) is 6.07. The smallest absolute Gasteiger partial charge is 0.00241 e. The van der Waals surface area contributed by atoms with E-state index in [1.165, 1.54) is 54.6 Å². The molecule has 0 radical (unpaired) electrons. The molecule has 0 aliphatic rings. The molecule has 0 aromatic heterocycles. The second-order valence-corrected chi connectivity index (χ2v) is 8.75. The summed E-state index contributed by atoms with van der Waals surface area (Å²) in [6.45, 7) is 16.7. The Morgan fingerprint density at radius 2 is 1.19 bits per heavy atom. The normalized spacial score (nSPS) is 11.3. The van der Waals surface area contributed by atoms with Crippen LogP contribution in [-0.2, 0) is 6.42 Å². The lowest BCUT2D eigenvalue weighted by Gasteiger charge is -2.11. The van der Waals surface area contributed by atoms with Crippen LogP contribution < -0.4 is 0 Å². The van der Waals surface area contributed by atoms with Crippen molar-refractivity contribution in [3.05, 3.63) is 119 Å². The third kappa shape index (κ3) is 7.31. The molecule has 0 saturated heterocycles. The van der Waals surface area contributed by atoms with Crippen molar-refractivity contribution in [3.63, 3.8) is 0 Å². The van der Waals surface area contributed by atoms with Crippen molar-refractivity contribution < 1.29 is 0 Å². The van der Waals surface area contributed by atoms with Crippen molar-refractivity contribution in [2.75, 3.05) is 0 Å². The quantitative estimate of drug-likeness (QED) is 0.179. The molecule has 0 aliphatic carbocycles. The summed E-state index contributed by atoms with van der Waals surface area (Å²) in [5.41, 5.74) is 5.53.